The van der Waals surface area contributed by atoms with E-state index in [-0.39, 0.29) is 37.9 Å². The standard InChI is InChI=1S/C33H36N2O5/c36-30(35(21-31(37)38)20-24-11-3-1-4-12-24)19-33(17-9-2-10-18-33)23-34-32(39)40-22-29-27-15-7-5-13-25(27)26-14-6-8-16-28(26)29/h1,3-8,11-16,29H,2,9-10,17-23H2,(H,34,39)(H,37,38). The molecule has 0 bridgehead atoms. The van der Waals surface area contributed by atoms with Gasteiger partial charge < -0.3 is 20.1 Å². The number of aliphatic carboxylic acids is 1. The van der Waals surface area contributed by atoms with Crippen molar-refractivity contribution in [2.24, 2.45) is 5.41 Å². The first-order valence-corrected chi connectivity index (χ1v) is 14.1. The van der Waals surface area contributed by atoms with Gasteiger partial charge in [-0.25, -0.2) is 4.79 Å². The summed E-state index contributed by atoms with van der Waals surface area (Å²) in [7, 11) is 0. The summed E-state index contributed by atoms with van der Waals surface area (Å²) >= 11 is 0. The molecule has 3 aromatic rings. The Kier molecular flexibility index (Phi) is 8.48. The van der Waals surface area contributed by atoms with E-state index in [1.54, 1.807) is 0 Å². The molecule has 3 aromatic carbocycles. The van der Waals surface area contributed by atoms with Crippen molar-refractivity contribution in [3.8, 4) is 11.1 Å². The molecule has 0 unspecified atom stereocenters. The molecule has 0 atom stereocenters. The Morgan fingerprint density at radius 1 is 0.850 bits per heavy atom. The second-order valence-electron chi connectivity index (χ2n) is 11.0. The minimum Gasteiger partial charge on any atom is -0.480 e. The van der Waals surface area contributed by atoms with Gasteiger partial charge in [0.15, 0.2) is 0 Å². The molecule has 1 saturated carbocycles. The van der Waals surface area contributed by atoms with E-state index in [2.05, 4.69) is 29.6 Å². The van der Waals surface area contributed by atoms with Crippen molar-refractivity contribution >= 4 is 18.0 Å². The quantitative estimate of drug-likeness (QED) is 0.330. The number of fused-ring (bicyclic) bond motifs is 3. The highest BCUT2D eigenvalue weighted by Crippen LogP contribution is 2.44. The number of hydrogen-bond acceptors (Lipinski definition) is 4. The number of amides is 2. The van der Waals surface area contributed by atoms with E-state index in [0.717, 1.165) is 48.8 Å². The lowest BCUT2D eigenvalue weighted by atomic mass is 9.71. The zero-order valence-electron chi connectivity index (χ0n) is 22.7. The Hall–Kier alpha value is -4.13. The van der Waals surface area contributed by atoms with Gasteiger partial charge in [0.2, 0.25) is 5.91 Å². The molecule has 7 nitrogen and oxygen atoms in total. The lowest BCUT2D eigenvalue weighted by molar-refractivity contribution is -0.146. The number of carbonyl (C=O) groups excluding carboxylic acids is 2. The molecule has 0 radical (unpaired) electrons. The minimum atomic E-state index is -1.04. The third kappa shape index (κ3) is 6.36. The van der Waals surface area contributed by atoms with Crippen molar-refractivity contribution in [3.63, 3.8) is 0 Å². The Balaban J connectivity index is 1.22. The van der Waals surface area contributed by atoms with Gasteiger partial charge in [0, 0.05) is 25.4 Å². The summed E-state index contributed by atoms with van der Waals surface area (Å²) in [4.78, 5) is 39.3. The van der Waals surface area contributed by atoms with E-state index < -0.39 is 17.5 Å². The van der Waals surface area contributed by atoms with Gasteiger partial charge in [0.1, 0.15) is 13.2 Å². The molecule has 0 heterocycles. The maximum Gasteiger partial charge on any atom is 0.407 e. The van der Waals surface area contributed by atoms with Crippen LogP contribution in [-0.4, -0.2) is 47.7 Å². The van der Waals surface area contributed by atoms with Gasteiger partial charge in [-0.2, -0.15) is 0 Å². The number of carbonyl (C=O) groups is 3. The Morgan fingerprint density at radius 2 is 1.45 bits per heavy atom. The number of ether oxygens (including phenoxy) is 1. The largest absolute Gasteiger partial charge is 0.480 e. The maximum absolute atomic E-state index is 13.5. The second-order valence-corrected chi connectivity index (χ2v) is 11.0. The second kappa shape index (κ2) is 12.4. The number of nitrogens with one attached hydrogen (secondary N) is 1. The first-order valence-electron chi connectivity index (χ1n) is 14.1. The predicted molar refractivity (Wildman–Crippen MR) is 153 cm³/mol. The summed E-state index contributed by atoms with van der Waals surface area (Å²) in [6, 6.07) is 25.8. The molecule has 0 aliphatic heterocycles. The van der Waals surface area contributed by atoms with Gasteiger partial charge in [0.05, 0.1) is 0 Å². The van der Waals surface area contributed by atoms with Crippen LogP contribution in [0.5, 0.6) is 0 Å². The highest BCUT2D eigenvalue weighted by atomic mass is 16.5. The number of carboxylic acids is 1. The van der Waals surface area contributed by atoms with E-state index in [0.29, 0.717) is 6.54 Å². The number of benzene rings is 3. The van der Waals surface area contributed by atoms with E-state index in [4.69, 9.17) is 4.74 Å². The number of carboxylic acid groups (broad SMARTS) is 1. The van der Waals surface area contributed by atoms with Crippen molar-refractivity contribution < 1.29 is 24.2 Å². The van der Waals surface area contributed by atoms with Crippen LogP contribution in [-0.2, 0) is 20.9 Å². The van der Waals surface area contributed by atoms with Gasteiger partial charge >= 0.3 is 12.1 Å². The van der Waals surface area contributed by atoms with Crippen molar-refractivity contribution in [2.45, 2.75) is 51.0 Å². The molecule has 5 rings (SSSR count). The van der Waals surface area contributed by atoms with Crippen LogP contribution < -0.4 is 5.32 Å². The molecule has 0 aromatic heterocycles. The van der Waals surface area contributed by atoms with Crippen molar-refractivity contribution in [1.82, 2.24) is 10.2 Å². The average Bonchev–Trinajstić information content (AvgIpc) is 3.29. The van der Waals surface area contributed by atoms with Gasteiger partial charge in [-0.05, 0) is 46.1 Å². The highest BCUT2D eigenvalue weighted by molar-refractivity contribution is 5.82. The zero-order chi connectivity index (χ0) is 28.0. The van der Waals surface area contributed by atoms with Crippen LogP contribution in [0.3, 0.4) is 0 Å². The van der Waals surface area contributed by atoms with Gasteiger partial charge in [-0.3, -0.25) is 9.59 Å². The molecule has 2 N–H and O–H groups in total. The molecule has 0 spiro atoms. The van der Waals surface area contributed by atoms with E-state index in [9.17, 15) is 19.5 Å². The van der Waals surface area contributed by atoms with Crippen LogP contribution in [0.15, 0.2) is 78.9 Å². The van der Waals surface area contributed by atoms with Crippen LogP contribution in [0, 0.1) is 5.41 Å². The summed E-state index contributed by atoms with van der Waals surface area (Å²) in [5.41, 5.74) is 5.12. The number of rotatable bonds is 10. The lowest BCUT2D eigenvalue weighted by Gasteiger charge is -2.38. The normalized spacial score (nSPS) is 15.5. The fraction of sp³-hybridized carbons (Fsp3) is 0.364. The highest BCUT2D eigenvalue weighted by Gasteiger charge is 2.37. The van der Waals surface area contributed by atoms with E-state index >= 15 is 0 Å². The fourth-order valence-electron chi connectivity index (χ4n) is 6.26. The Morgan fingerprint density at radius 3 is 2.08 bits per heavy atom. The molecular weight excluding hydrogens is 504 g/mol. The Bertz CT molecular complexity index is 1300. The smallest absolute Gasteiger partial charge is 0.407 e. The number of nitrogens with zero attached hydrogens (tertiary/aromatic N) is 1. The third-order valence-corrected chi connectivity index (χ3v) is 8.29. The molecule has 2 aliphatic rings. The molecule has 40 heavy (non-hydrogen) atoms. The molecule has 2 aliphatic carbocycles. The monoisotopic (exact) mass is 540 g/mol. The first kappa shape index (κ1) is 27.4. The van der Waals surface area contributed by atoms with Gasteiger partial charge in [-0.1, -0.05) is 98.1 Å². The van der Waals surface area contributed by atoms with Crippen molar-refractivity contribution in [1.29, 1.82) is 0 Å². The molecule has 7 heteroatoms. The topological polar surface area (TPSA) is 95.9 Å². The summed E-state index contributed by atoms with van der Waals surface area (Å²) in [6.45, 7) is 0.433. The lowest BCUT2D eigenvalue weighted by Crippen LogP contribution is -2.44. The fourth-order valence-corrected chi connectivity index (χ4v) is 6.26. The summed E-state index contributed by atoms with van der Waals surface area (Å²) < 4.78 is 5.74. The maximum atomic E-state index is 13.5. The molecule has 1 fully saturated rings. The molecule has 2 amide bonds. The summed E-state index contributed by atoms with van der Waals surface area (Å²) in [5.74, 6) is -1.27. The van der Waals surface area contributed by atoms with Crippen LogP contribution in [0.1, 0.15) is 61.1 Å². The van der Waals surface area contributed by atoms with Crippen LogP contribution in [0.25, 0.3) is 11.1 Å². The summed E-state index contributed by atoms with van der Waals surface area (Å²) in [6.07, 6.45) is 4.32. The molecular formula is C33H36N2O5. The van der Waals surface area contributed by atoms with E-state index in [1.165, 1.54) is 16.0 Å². The Labute approximate surface area is 235 Å². The molecule has 0 saturated heterocycles. The molecule has 208 valence electrons. The summed E-state index contributed by atoms with van der Waals surface area (Å²) in [5, 5.41) is 12.4. The first-order chi connectivity index (χ1) is 19.4. The third-order valence-electron chi connectivity index (χ3n) is 8.29. The SMILES string of the molecule is O=C(O)CN(Cc1ccccc1)C(=O)CC1(CNC(=O)OCC2c3ccccc3-c3ccccc32)CCCCC1. The number of hydrogen-bond donors (Lipinski definition) is 2. The van der Waals surface area contributed by atoms with Gasteiger partial charge in [0.25, 0.3) is 0 Å². The average molecular weight is 541 g/mol. The number of alkyl carbamates (subject to hydrolysis) is 1. The van der Waals surface area contributed by atoms with Crippen molar-refractivity contribution in [3.05, 3.63) is 95.6 Å². The van der Waals surface area contributed by atoms with Crippen molar-refractivity contribution in [2.75, 3.05) is 19.7 Å². The zero-order valence-corrected chi connectivity index (χ0v) is 22.7. The van der Waals surface area contributed by atoms with Gasteiger partial charge in [-0.15, -0.1) is 0 Å². The predicted octanol–water partition coefficient (Wildman–Crippen LogP) is 5.98. The van der Waals surface area contributed by atoms with Crippen LogP contribution in [0.2, 0.25) is 0 Å². The van der Waals surface area contributed by atoms with E-state index in [1.807, 2.05) is 54.6 Å². The van der Waals surface area contributed by atoms with Crippen LogP contribution in [0.4, 0.5) is 4.79 Å². The minimum absolute atomic E-state index is 0.0223. The van der Waals surface area contributed by atoms with Crippen LogP contribution >= 0.6 is 0 Å².